The third-order valence-electron chi connectivity index (χ3n) is 3.13. The van der Waals surface area contributed by atoms with E-state index < -0.39 is 0 Å². The SMILES string of the molecule is COc1ccc(C(NN)c2ccccc2Br)c(OC)c1. The van der Waals surface area contributed by atoms with Crippen LogP contribution in [0.1, 0.15) is 17.2 Å². The molecule has 106 valence electrons. The van der Waals surface area contributed by atoms with Crippen LogP contribution >= 0.6 is 15.9 Å². The normalized spacial score (nSPS) is 12.0. The summed E-state index contributed by atoms with van der Waals surface area (Å²) in [6.07, 6.45) is 0. The number of halogens is 1. The largest absolute Gasteiger partial charge is 0.497 e. The number of rotatable bonds is 5. The average molecular weight is 337 g/mol. The van der Waals surface area contributed by atoms with E-state index >= 15 is 0 Å². The Balaban J connectivity index is 2.49. The Labute approximate surface area is 127 Å². The fourth-order valence-corrected chi connectivity index (χ4v) is 2.63. The first-order valence-corrected chi connectivity index (χ1v) is 6.93. The average Bonchev–Trinajstić information content (AvgIpc) is 2.50. The molecule has 0 fully saturated rings. The molecule has 0 aromatic heterocycles. The third-order valence-corrected chi connectivity index (χ3v) is 3.86. The van der Waals surface area contributed by atoms with Crippen LogP contribution in [0, 0.1) is 0 Å². The van der Waals surface area contributed by atoms with Gasteiger partial charge in [-0.1, -0.05) is 34.1 Å². The van der Waals surface area contributed by atoms with Crippen LogP contribution in [0.2, 0.25) is 0 Å². The van der Waals surface area contributed by atoms with Crippen molar-refractivity contribution in [2.75, 3.05) is 14.2 Å². The molecule has 0 bridgehead atoms. The van der Waals surface area contributed by atoms with Crippen molar-refractivity contribution in [1.29, 1.82) is 0 Å². The van der Waals surface area contributed by atoms with E-state index in [0.29, 0.717) is 0 Å². The Kier molecular flexibility index (Phi) is 5.00. The molecular formula is C15H17BrN2O2. The number of ether oxygens (including phenoxy) is 2. The van der Waals surface area contributed by atoms with E-state index in [9.17, 15) is 0 Å². The van der Waals surface area contributed by atoms with E-state index in [1.54, 1.807) is 14.2 Å². The van der Waals surface area contributed by atoms with Gasteiger partial charge in [0, 0.05) is 16.1 Å². The zero-order valence-electron chi connectivity index (χ0n) is 11.4. The summed E-state index contributed by atoms with van der Waals surface area (Å²) >= 11 is 3.55. The molecule has 5 heteroatoms. The summed E-state index contributed by atoms with van der Waals surface area (Å²) in [5, 5.41) is 0. The number of hydrazine groups is 1. The van der Waals surface area contributed by atoms with Gasteiger partial charge in [-0.2, -0.15) is 0 Å². The lowest BCUT2D eigenvalue weighted by atomic mass is 9.98. The molecule has 1 atom stereocenters. The fourth-order valence-electron chi connectivity index (χ4n) is 2.11. The minimum Gasteiger partial charge on any atom is -0.497 e. The highest BCUT2D eigenvalue weighted by Gasteiger charge is 2.19. The third kappa shape index (κ3) is 2.95. The molecule has 2 aromatic carbocycles. The van der Waals surface area contributed by atoms with Gasteiger partial charge in [0.2, 0.25) is 0 Å². The summed E-state index contributed by atoms with van der Waals surface area (Å²) in [4.78, 5) is 0. The van der Waals surface area contributed by atoms with Crippen molar-refractivity contribution < 1.29 is 9.47 Å². The molecule has 2 rings (SSSR count). The van der Waals surface area contributed by atoms with Crippen LogP contribution in [0.15, 0.2) is 46.9 Å². The van der Waals surface area contributed by atoms with Gasteiger partial charge in [0.25, 0.3) is 0 Å². The molecule has 4 nitrogen and oxygen atoms in total. The van der Waals surface area contributed by atoms with E-state index in [1.807, 2.05) is 42.5 Å². The summed E-state index contributed by atoms with van der Waals surface area (Å²) in [6, 6.07) is 13.4. The highest BCUT2D eigenvalue weighted by Crippen LogP contribution is 2.35. The molecule has 0 amide bonds. The highest BCUT2D eigenvalue weighted by molar-refractivity contribution is 9.10. The van der Waals surface area contributed by atoms with Crippen LogP contribution in [0.4, 0.5) is 0 Å². The monoisotopic (exact) mass is 336 g/mol. The zero-order chi connectivity index (χ0) is 14.5. The minimum absolute atomic E-state index is 0.175. The van der Waals surface area contributed by atoms with Gasteiger partial charge in [-0.05, 0) is 23.8 Å². The number of nitrogens with two attached hydrogens (primary N) is 1. The Hall–Kier alpha value is -1.56. The van der Waals surface area contributed by atoms with E-state index in [4.69, 9.17) is 15.3 Å². The standard InChI is InChI=1S/C15H17BrN2O2/c1-19-10-7-8-12(14(9-10)20-2)15(18-17)11-5-3-4-6-13(11)16/h3-9,15,18H,17H2,1-2H3. The van der Waals surface area contributed by atoms with Gasteiger partial charge in [0.1, 0.15) is 11.5 Å². The van der Waals surface area contributed by atoms with Crippen LogP contribution in [0.3, 0.4) is 0 Å². The maximum absolute atomic E-state index is 5.74. The lowest BCUT2D eigenvalue weighted by molar-refractivity contribution is 0.387. The molecular weight excluding hydrogens is 320 g/mol. The highest BCUT2D eigenvalue weighted by atomic mass is 79.9. The number of hydrogen-bond acceptors (Lipinski definition) is 4. The summed E-state index contributed by atoms with van der Waals surface area (Å²) < 4.78 is 11.6. The topological polar surface area (TPSA) is 56.5 Å². The van der Waals surface area contributed by atoms with Crippen molar-refractivity contribution in [2.45, 2.75) is 6.04 Å². The van der Waals surface area contributed by atoms with Crippen LogP contribution in [-0.2, 0) is 0 Å². The molecule has 2 aromatic rings. The van der Waals surface area contributed by atoms with Crippen molar-refractivity contribution >= 4 is 15.9 Å². The molecule has 0 heterocycles. The number of hydrogen-bond donors (Lipinski definition) is 2. The van der Waals surface area contributed by atoms with E-state index in [1.165, 1.54) is 0 Å². The molecule has 0 radical (unpaired) electrons. The van der Waals surface area contributed by atoms with Gasteiger partial charge in [-0.15, -0.1) is 0 Å². The summed E-state index contributed by atoms with van der Waals surface area (Å²) in [7, 11) is 3.26. The van der Waals surface area contributed by atoms with Crippen LogP contribution in [-0.4, -0.2) is 14.2 Å². The molecule has 1 unspecified atom stereocenters. The van der Waals surface area contributed by atoms with Crippen LogP contribution < -0.4 is 20.7 Å². The van der Waals surface area contributed by atoms with Crippen molar-refractivity contribution in [2.24, 2.45) is 5.84 Å². The smallest absolute Gasteiger partial charge is 0.127 e. The number of nitrogens with one attached hydrogen (secondary N) is 1. The second-order valence-electron chi connectivity index (χ2n) is 4.23. The van der Waals surface area contributed by atoms with E-state index in [-0.39, 0.29) is 6.04 Å². The summed E-state index contributed by atoms with van der Waals surface area (Å²) in [5.74, 6) is 7.21. The lowest BCUT2D eigenvalue weighted by Crippen LogP contribution is -2.29. The molecule has 0 saturated carbocycles. The zero-order valence-corrected chi connectivity index (χ0v) is 13.0. The van der Waals surface area contributed by atoms with Gasteiger partial charge >= 0.3 is 0 Å². The lowest BCUT2D eigenvalue weighted by Gasteiger charge is -2.21. The van der Waals surface area contributed by atoms with E-state index in [0.717, 1.165) is 27.1 Å². The summed E-state index contributed by atoms with van der Waals surface area (Å²) in [5.41, 5.74) is 4.82. The van der Waals surface area contributed by atoms with Crippen LogP contribution in [0.5, 0.6) is 11.5 Å². The first kappa shape index (κ1) is 14.8. The van der Waals surface area contributed by atoms with Crippen molar-refractivity contribution in [3.05, 3.63) is 58.1 Å². The first-order chi connectivity index (χ1) is 9.71. The Morgan fingerprint density at radius 2 is 1.80 bits per heavy atom. The fraction of sp³-hybridized carbons (Fsp3) is 0.200. The molecule has 0 saturated heterocycles. The Bertz CT molecular complexity index is 590. The van der Waals surface area contributed by atoms with Gasteiger partial charge < -0.3 is 9.47 Å². The quantitative estimate of drug-likeness (QED) is 0.651. The van der Waals surface area contributed by atoms with Gasteiger partial charge in [0.15, 0.2) is 0 Å². The maximum Gasteiger partial charge on any atom is 0.127 e. The van der Waals surface area contributed by atoms with E-state index in [2.05, 4.69) is 21.4 Å². The van der Waals surface area contributed by atoms with Crippen molar-refractivity contribution in [3.8, 4) is 11.5 Å². The predicted octanol–water partition coefficient (Wildman–Crippen LogP) is 3.02. The Morgan fingerprint density at radius 1 is 1.05 bits per heavy atom. The van der Waals surface area contributed by atoms with Gasteiger partial charge in [-0.3, -0.25) is 5.84 Å². The van der Waals surface area contributed by atoms with Gasteiger partial charge in [0.05, 0.1) is 20.3 Å². The summed E-state index contributed by atoms with van der Waals surface area (Å²) in [6.45, 7) is 0. The first-order valence-electron chi connectivity index (χ1n) is 6.13. The van der Waals surface area contributed by atoms with Gasteiger partial charge in [-0.25, -0.2) is 5.43 Å². The molecule has 0 aliphatic heterocycles. The number of benzene rings is 2. The molecule has 0 spiro atoms. The number of methoxy groups -OCH3 is 2. The molecule has 0 aliphatic carbocycles. The van der Waals surface area contributed by atoms with Crippen LogP contribution in [0.25, 0.3) is 0 Å². The molecule has 0 aliphatic rings. The predicted molar refractivity (Wildman–Crippen MR) is 82.9 cm³/mol. The molecule has 20 heavy (non-hydrogen) atoms. The minimum atomic E-state index is -0.175. The Morgan fingerprint density at radius 3 is 2.40 bits per heavy atom. The van der Waals surface area contributed by atoms with Crippen molar-refractivity contribution in [3.63, 3.8) is 0 Å². The van der Waals surface area contributed by atoms with Crippen molar-refractivity contribution in [1.82, 2.24) is 5.43 Å². The second kappa shape index (κ2) is 6.74. The molecule has 3 N–H and O–H groups in total. The second-order valence-corrected chi connectivity index (χ2v) is 5.08. The maximum atomic E-state index is 5.74.